The van der Waals surface area contributed by atoms with Gasteiger partial charge in [-0.1, -0.05) is 17.7 Å². The van der Waals surface area contributed by atoms with Gasteiger partial charge in [-0.15, -0.1) is 0 Å². The fourth-order valence-electron chi connectivity index (χ4n) is 1.95. The monoisotopic (exact) mass is 400 g/mol. The number of hydrogen-bond donors (Lipinski definition) is 3. The number of carbonyl (C=O) groups excluding carboxylic acids is 1. The summed E-state index contributed by atoms with van der Waals surface area (Å²) in [6, 6.07) is 3.82. The van der Waals surface area contributed by atoms with Crippen molar-refractivity contribution in [3.8, 4) is 5.88 Å². The molecular weight excluding hydrogens is 388 g/mol. The predicted octanol–water partition coefficient (Wildman–Crippen LogP) is 1.66. The van der Waals surface area contributed by atoms with Crippen molar-refractivity contribution in [2.45, 2.75) is 11.8 Å². The van der Waals surface area contributed by atoms with Crippen LogP contribution in [0.4, 0.5) is 10.7 Å². The number of ether oxygens (including phenoxy) is 1. The maximum absolute atomic E-state index is 12.4. The van der Waals surface area contributed by atoms with Crippen LogP contribution >= 0.6 is 11.6 Å². The number of carbonyl (C=O) groups is 2. The maximum atomic E-state index is 12.4. The average molecular weight is 401 g/mol. The van der Waals surface area contributed by atoms with Crippen LogP contribution in [-0.4, -0.2) is 42.6 Å². The van der Waals surface area contributed by atoms with Crippen LogP contribution < -0.4 is 14.8 Å². The van der Waals surface area contributed by atoms with E-state index in [-0.39, 0.29) is 16.9 Å². The average Bonchev–Trinajstić information content (AvgIpc) is 2.52. The molecule has 138 valence electrons. The number of rotatable bonds is 5. The number of nitrogens with zero attached hydrogens (tertiary/aromatic N) is 2. The van der Waals surface area contributed by atoms with Crippen LogP contribution in [0.15, 0.2) is 29.2 Å². The largest absolute Gasteiger partial charge is 0.481 e. The van der Waals surface area contributed by atoms with Crippen LogP contribution in [0.5, 0.6) is 5.88 Å². The van der Waals surface area contributed by atoms with Crippen LogP contribution in [0, 0.1) is 6.92 Å². The van der Waals surface area contributed by atoms with E-state index < -0.39 is 32.5 Å². The molecule has 0 bridgehead atoms. The van der Waals surface area contributed by atoms with E-state index in [9.17, 15) is 18.0 Å². The summed E-state index contributed by atoms with van der Waals surface area (Å²) in [5.74, 6) is -1.55. The van der Waals surface area contributed by atoms with E-state index >= 15 is 0 Å². The summed E-state index contributed by atoms with van der Waals surface area (Å²) >= 11 is 5.81. The van der Waals surface area contributed by atoms with Gasteiger partial charge in [-0.2, -0.15) is 4.98 Å². The molecule has 0 aliphatic rings. The lowest BCUT2D eigenvalue weighted by Crippen LogP contribution is -2.35. The molecular formula is C14H13ClN4O6S. The van der Waals surface area contributed by atoms with Crippen LogP contribution in [0.25, 0.3) is 0 Å². The number of halogens is 1. The molecule has 12 heteroatoms. The van der Waals surface area contributed by atoms with E-state index in [2.05, 4.69) is 15.3 Å². The molecule has 10 nitrogen and oxygen atoms in total. The Balaban J connectivity index is 2.29. The molecule has 0 radical (unpaired) electrons. The number of hydrogen-bond acceptors (Lipinski definition) is 7. The lowest BCUT2D eigenvalue weighted by atomic mass is 10.2. The summed E-state index contributed by atoms with van der Waals surface area (Å²) in [5.41, 5.74) is -0.111. The van der Waals surface area contributed by atoms with E-state index in [0.29, 0.717) is 5.69 Å². The van der Waals surface area contributed by atoms with E-state index in [1.165, 1.54) is 25.3 Å². The van der Waals surface area contributed by atoms with Gasteiger partial charge in [0.1, 0.15) is 4.90 Å². The Bertz CT molecular complexity index is 979. The highest BCUT2D eigenvalue weighted by atomic mass is 35.5. The van der Waals surface area contributed by atoms with Crippen molar-refractivity contribution in [1.82, 2.24) is 14.7 Å². The van der Waals surface area contributed by atoms with Gasteiger partial charge in [0.25, 0.3) is 10.0 Å². The lowest BCUT2D eigenvalue weighted by Gasteiger charge is -2.11. The van der Waals surface area contributed by atoms with Crippen LogP contribution in [0.1, 0.15) is 16.1 Å². The third kappa shape index (κ3) is 4.37. The van der Waals surface area contributed by atoms with Gasteiger partial charge in [0.05, 0.1) is 17.7 Å². The number of aromatic nitrogens is 2. The molecule has 3 N–H and O–H groups in total. The molecule has 0 aliphatic heterocycles. The normalized spacial score (nSPS) is 10.9. The van der Waals surface area contributed by atoms with Gasteiger partial charge in [0.2, 0.25) is 11.8 Å². The van der Waals surface area contributed by atoms with Crippen molar-refractivity contribution in [3.05, 3.63) is 40.5 Å². The highest BCUT2D eigenvalue weighted by Gasteiger charge is 2.27. The van der Waals surface area contributed by atoms with E-state index in [1.54, 1.807) is 11.6 Å². The van der Waals surface area contributed by atoms with Crippen molar-refractivity contribution < 1.29 is 27.9 Å². The molecule has 26 heavy (non-hydrogen) atoms. The Morgan fingerprint density at radius 2 is 1.96 bits per heavy atom. The molecule has 2 aromatic rings. The van der Waals surface area contributed by atoms with Crippen molar-refractivity contribution in [3.63, 3.8) is 0 Å². The molecule has 1 aromatic carbocycles. The Kier molecular flexibility index (Phi) is 5.63. The molecule has 0 fully saturated rings. The summed E-state index contributed by atoms with van der Waals surface area (Å²) in [6.45, 7) is 1.62. The fourth-order valence-corrected chi connectivity index (χ4v) is 3.60. The van der Waals surface area contributed by atoms with E-state index in [1.807, 2.05) is 0 Å². The first-order chi connectivity index (χ1) is 12.1. The molecule has 0 spiro atoms. The standard InChI is InChI=1S/C14H13ClN4O6S/c1-7-6-10(25-2)17-13(16-7)18-14(22)19-26(23,24)11-8(12(20)21)4-3-5-9(11)15/h3-6H,1-2H3,(H,20,21)(H2,16,17,18,19,22). The lowest BCUT2D eigenvalue weighted by molar-refractivity contribution is 0.0692. The highest BCUT2D eigenvalue weighted by molar-refractivity contribution is 7.90. The van der Waals surface area contributed by atoms with Gasteiger partial charge < -0.3 is 9.84 Å². The van der Waals surface area contributed by atoms with Crippen LogP contribution in [0.2, 0.25) is 5.02 Å². The van der Waals surface area contributed by atoms with Gasteiger partial charge in [0.15, 0.2) is 0 Å². The van der Waals surface area contributed by atoms with Gasteiger partial charge in [-0.05, 0) is 19.1 Å². The predicted molar refractivity (Wildman–Crippen MR) is 91.1 cm³/mol. The van der Waals surface area contributed by atoms with Gasteiger partial charge in [0, 0.05) is 11.8 Å². The second kappa shape index (κ2) is 7.54. The Hall–Kier alpha value is -2.92. The number of benzene rings is 1. The second-order valence-corrected chi connectivity index (χ2v) is 6.88. The Morgan fingerprint density at radius 1 is 1.27 bits per heavy atom. The van der Waals surface area contributed by atoms with Crippen molar-refractivity contribution in [1.29, 1.82) is 0 Å². The highest BCUT2D eigenvalue weighted by Crippen LogP contribution is 2.25. The van der Waals surface area contributed by atoms with Crippen LogP contribution in [-0.2, 0) is 10.0 Å². The van der Waals surface area contributed by atoms with Gasteiger partial charge in [-0.25, -0.2) is 27.7 Å². The zero-order valence-electron chi connectivity index (χ0n) is 13.5. The summed E-state index contributed by atoms with van der Waals surface area (Å²) in [7, 11) is -3.21. The molecule has 0 unspecified atom stereocenters. The summed E-state index contributed by atoms with van der Waals surface area (Å²) in [6.07, 6.45) is 0. The minimum absolute atomic E-state index is 0.162. The number of amides is 2. The van der Waals surface area contributed by atoms with E-state index in [0.717, 1.165) is 6.07 Å². The number of sulfonamides is 1. The Labute approximate surface area is 153 Å². The number of aryl methyl sites for hydroxylation is 1. The first-order valence-corrected chi connectivity index (χ1v) is 8.75. The summed E-state index contributed by atoms with van der Waals surface area (Å²) < 4.78 is 31.4. The number of aromatic carboxylic acids is 1. The number of urea groups is 1. The SMILES string of the molecule is COc1cc(C)nc(NC(=O)NS(=O)(=O)c2c(Cl)cccc2C(=O)O)n1. The Morgan fingerprint density at radius 3 is 2.58 bits per heavy atom. The van der Waals surface area contributed by atoms with Gasteiger partial charge >= 0.3 is 12.0 Å². The smallest absolute Gasteiger partial charge is 0.337 e. The summed E-state index contributed by atoms with van der Waals surface area (Å²) in [4.78, 5) is 30.2. The molecule has 0 atom stereocenters. The van der Waals surface area contributed by atoms with Crippen LogP contribution in [0.3, 0.4) is 0 Å². The number of carboxylic acids is 1. The first kappa shape index (κ1) is 19.4. The third-order valence-electron chi connectivity index (χ3n) is 2.96. The minimum Gasteiger partial charge on any atom is -0.481 e. The fraction of sp³-hybridized carbons (Fsp3) is 0.143. The molecule has 2 amide bonds. The minimum atomic E-state index is -4.57. The molecule has 0 aliphatic carbocycles. The third-order valence-corrected chi connectivity index (χ3v) is 4.82. The molecule has 1 aromatic heterocycles. The van der Waals surface area contributed by atoms with Gasteiger partial charge in [-0.3, -0.25) is 5.32 Å². The first-order valence-electron chi connectivity index (χ1n) is 6.89. The summed E-state index contributed by atoms with van der Waals surface area (Å²) in [5, 5.41) is 10.9. The van der Waals surface area contributed by atoms with Crippen molar-refractivity contribution in [2.75, 3.05) is 12.4 Å². The van der Waals surface area contributed by atoms with Crippen molar-refractivity contribution >= 4 is 39.6 Å². The number of nitrogens with one attached hydrogen (secondary N) is 2. The number of carboxylic acid groups (broad SMARTS) is 1. The quantitative estimate of drug-likeness (QED) is 0.686. The number of anilines is 1. The molecule has 0 saturated carbocycles. The zero-order valence-corrected chi connectivity index (χ0v) is 15.1. The van der Waals surface area contributed by atoms with E-state index in [4.69, 9.17) is 21.4 Å². The maximum Gasteiger partial charge on any atom is 0.337 e. The topological polar surface area (TPSA) is 148 Å². The van der Waals surface area contributed by atoms with Crippen molar-refractivity contribution in [2.24, 2.45) is 0 Å². The number of methoxy groups -OCH3 is 1. The molecule has 2 rings (SSSR count). The zero-order chi connectivity index (χ0) is 19.5. The molecule has 0 saturated heterocycles. The molecule has 1 heterocycles. The second-order valence-electron chi connectivity index (χ2n) is 4.86.